The zero-order valence-corrected chi connectivity index (χ0v) is 14.3. The smallest absolute Gasteiger partial charge is 0.165 e. The van der Waals surface area contributed by atoms with Gasteiger partial charge in [-0.15, -0.1) is 0 Å². The van der Waals surface area contributed by atoms with E-state index in [2.05, 4.69) is 19.9 Å². The van der Waals surface area contributed by atoms with Gasteiger partial charge in [0.1, 0.15) is 6.10 Å². The fourth-order valence-corrected chi connectivity index (χ4v) is 6.45. The summed E-state index contributed by atoms with van der Waals surface area (Å²) in [4.78, 5) is 0. The van der Waals surface area contributed by atoms with Crippen molar-refractivity contribution in [1.29, 1.82) is 0 Å². The van der Waals surface area contributed by atoms with Crippen molar-refractivity contribution in [2.45, 2.75) is 63.6 Å². The lowest BCUT2D eigenvalue weighted by atomic mass is 9.46. The summed E-state index contributed by atoms with van der Waals surface area (Å²) in [5.41, 5.74) is 4.27. The van der Waals surface area contributed by atoms with E-state index in [0.717, 1.165) is 30.3 Å². The Morgan fingerprint density at radius 2 is 2.22 bits per heavy atom. The van der Waals surface area contributed by atoms with E-state index in [1.807, 2.05) is 0 Å². The standard InChI is InChI=1S/C20H26O3/c1-10-8-15(22-3)18-16-13(10)9-12-5-4-6-20(16)14(12)7-11(2)17(21)19(20)23-18/h8,11-12,14,17,19,21H,4-7,9H2,1-3H3. The largest absolute Gasteiger partial charge is 0.493 e. The molecule has 1 N–H and O–H groups in total. The zero-order valence-electron chi connectivity index (χ0n) is 14.3. The molecule has 1 heterocycles. The summed E-state index contributed by atoms with van der Waals surface area (Å²) < 4.78 is 12.1. The molecule has 0 amide bonds. The second-order valence-corrected chi connectivity index (χ2v) is 8.32. The molecule has 0 radical (unpaired) electrons. The van der Waals surface area contributed by atoms with E-state index in [1.165, 1.54) is 36.0 Å². The quantitative estimate of drug-likeness (QED) is 0.864. The molecule has 3 nitrogen and oxygen atoms in total. The fraction of sp³-hybridized carbons (Fsp3) is 0.700. The number of methoxy groups -OCH3 is 1. The molecule has 0 saturated heterocycles. The van der Waals surface area contributed by atoms with Gasteiger partial charge in [-0.2, -0.15) is 0 Å². The van der Waals surface area contributed by atoms with Crippen LogP contribution in [0.2, 0.25) is 0 Å². The molecule has 1 aliphatic heterocycles. The first-order valence-electron chi connectivity index (χ1n) is 9.13. The summed E-state index contributed by atoms with van der Waals surface area (Å²) in [5.74, 6) is 3.54. The van der Waals surface area contributed by atoms with Crippen molar-refractivity contribution in [2.75, 3.05) is 7.11 Å². The van der Waals surface area contributed by atoms with E-state index in [1.54, 1.807) is 7.11 Å². The summed E-state index contributed by atoms with van der Waals surface area (Å²) in [7, 11) is 1.73. The average molecular weight is 314 g/mol. The second kappa shape index (κ2) is 4.44. The van der Waals surface area contributed by atoms with Crippen molar-refractivity contribution in [3.05, 3.63) is 22.8 Å². The van der Waals surface area contributed by atoms with Crippen LogP contribution in [-0.4, -0.2) is 24.4 Å². The Hall–Kier alpha value is -1.22. The number of rotatable bonds is 1. The third-order valence-corrected chi connectivity index (χ3v) is 7.40. The molecule has 2 fully saturated rings. The van der Waals surface area contributed by atoms with Gasteiger partial charge < -0.3 is 14.6 Å². The normalized spacial score (nSPS) is 42.9. The van der Waals surface area contributed by atoms with Gasteiger partial charge in [-0.05, 0) is 67.6 Å². The molecule has 0 aromatic heterocycles. The first-order valence-corrected chi connectivity index (χ1v) is 9.13. The Balaban J connectivity index is 1.82. The van der Waals surface area contributed by atoms with Gasteiger partial charge in [0.25, 0.3) is 0 Å². The SMILES string of the molecule is COc1cc(C)c2c3c1OC1C(O)C(C)CC4C(CCCC341)C2. The highest BCUT2D eigenvalue weighted by molar-refractivity contribution is 5.63. The molecule has 23 heavy (non-hydrogen) atoms. The van der Waals surface area contributed by atoms with Gasteiger partial charge in [-0.1, -0.05) is 13.3 Å². The number of hydrogen-bond acceptors (Lipinski definition) is 3. The Bertz CT molecular complexity index is 682. The number of ether oxygens (including phenoxy) is 2. The van der Waals surface area contributed by atoms with Gasteiger partial charge in [0.2, 0.25) is 0 Å². The molecule has 1 aromatic rings. The minimum atomic E-state index is -0.367. The van der Waals surface area contributed by atoms with Gasteiger partial charge in [0.15, 0.2) is 11.5 Å². The van der Waals surface area contributed by atoms with E-state index in [9.17, 15) is 5.11 Å². The van der Waals surface area contributed by atoms with E-state index in [-0.39, 0.29) is 17.6 Å². The molecular weight excluding hydrogens is 288 g/mol. The first kappa shape index (κ1) is 14.2. The zero-order chi connectivity index (χ0) is 15.9. The van der Waals surface area contributed by atoms with Crippen LogP contribution in [0.1, 0.15) is 49.3 Å². The van der Waals surface area contributed by atoms with Crippen molar-refractivity contribution in [2.24, 2.45) is 17.8 Å². The monoisotopic (exact) mass is 314 g/mol. The van der Waals surface area contributed by atoms with Crippen molar-refractivity contribution < 1.29 is 14.6 Å². The molecule has 1 spiro atoms. The number of aliphatic hydroxyl groups is 1. The van der Waals surface area contributed by atoms with Crippen molar-refractivity contribution >= 4 is 0 Å². The van der Waals surface area contributed by atoms with Crippen molar-refractivity contribution in [3.8, 4) is 11.5 Å². The van der Waals surface area contributed by atoms with Crippen LogP contribution in [0.15, 0.2) is 6.07 Å². The number of aryl methyl sites for hydroxylation is 1. The lowest BCUT2D eigenvalue weighted by molar-refractivity contribution is -0.112. The minimum Gasteiger partial charge on any atom is -0.493 e. The van der Waals surface area contributed by atoms with Crippen molar-refractivity contribution in [3.63, 3.8) is 0 Å². The number of aliphatic hydroxyl groups excluding tert-OH is 1. The van der Waals surface area contributed by atoms with Crippen LogP contribution in [0.5, 0.6) is 11.5 Å². The number of benzene rings is 1. The van der Waals surface area contributed by atoms with Gasteiger partial charge >= 0.3 is 0 Å². The second-order valence-electron chi connectivity index (χ2n) is 8.32. The Labute approximate surface area is 138 Å². The molecule has 6 unspecified atom stereocenters. The van der Waals surface area contributed by atoms with Crippen molar-refractivity contribution in [1.82, 2.24) is 0 Å². The molecule has 4 aliphatic rings. The highest BCUT2D eigenvalue weighted by Crippen LogP contribution is 2.66. The molecule has 5 rings (SSSR count). The molecule has 124 valence electrons. The number of hydrogen-bond donors (Lipinski definition) is 1. The predicted octanol–water partition coefficient (Wildman–Crippen LogP) is 3.38. The summed E-state index contributed by atoms with van der Waals surface area (Å²) in [5, 5.41) is 10.9. The van der Waals surface area contributed by atoms with Gasteiger partial charge in [-0.25, -0.2) is 0 Å². The third kappa shape index (κ3) is 1.51. The summed E-state index contributed by atoms with van der Waals surface area (Å²) in [6.07, 6.45) is 5.64. The molecule has 2 bridgehead atoms. The first-order chi connectivity index (χ1) is 11.1. The average Bonchev–Trinajstić information content (AvgIpc) is 2.86. The highest BCUT2D eigenvalue weighted by Gasteiger charge is 2.65. The Morgan fingerprint density at radius 1 is 1.39 bits per heavy atom. The summed E-state index contributed by atoms with van der Waals surface area (Å²) >= 11 is 0. The maximum Gasteiger partial charge on any atom is 0.165 e. The molecule has 2 saturated carbocycles. The van der Waals surface area contributed by atoms with Crippen LogP contribution in [0.3, 0.4) is 0 Å². The maximum atomic E-state index is 10.9. The van der Waals surface area contributed by atoms with E-state index in [0.29, 0.717) is 11.8 Å². The summed E-state index contributed by atoms with van der Waals surface area (Å²) in [6.45, 7) is 4.40. The van der Waals surface area contributed by atoms with Crippen LogP contribution in [0, 0.1) is 24.7 Å². The molecular formula is C20H26O3. The van der Waals surface area contributed by atoms with Crippen LogP contribution >= 0.6 is 0 Å². The van der Waals surface area contributed by atoms with E-state index < -0.39 is 0 Å². The van der Waals surface area contributed by atoms with Crippen LogP contribution in [-0.2, 0) is 11.8 Å². The van der Waals surface area contributed by atoms with Gasteiger partial charge in [-0.3, -0.25) is 0 Å². The maximum absolute atomic E-state index is 10.9. The molecule has 6 atom stereocenters. The molecule has 1 aromatic carbocycles. The van der Waals surface area contributed by atoms with E-state index in [4.69, 9.17) is 9.47 Å². The lowest BCUT2D eigenvalue weighted by Gasteiger charge is -2.57. The predicted molar refractivity (Wildman–Crippen MR) is 88.1 cm³/mol. The topological polar surface area (TPSA) is 38.7 Å². The van der Waals surface area contributed by atoms with Crippen LogP contribution in [0.25, 0.3) is 0 Å². The van der Waals surface area contributed by atoms with Crippen LogP contribution < -0.4 is 9.47 Å². The van der Waals surface area contributed by atoms with E-state index >= 15 is 0 Å². The Kier molecular flexibility index (Phi) is 2.73. The Morgan fingerprint density at radius 3 is 3.00 bits per heavy atom. The third-order valence-electron chi connectivity index (χ3n) is 7.40. The fourth-order valence-electron chi connectivity index (χ4n) is 6.45. The van der Waals surface area contributed by atoms with Gasteiger partial charge in [0.05, 0.1) is 13.2 Å². The summed E-state index contributed by atoms with van der Waals surface area (Å²) in [6, 6.07) is 2.13. The van der Waals surface area contributed by atoms with Crippen LogP contribution in [0.4, 0.5) is 0 Å². The lowest BCUT2D eigenvalue weighted by Crippen LogP contribution is -2.62. The minimum absolute atomic E-state index is 0.0388. The highest BCUT2D eigenvalue weighted by atomic mass is 16.5. The molecule has 3 aliphatic carbocycles. The molecule has 3 heteroatoms. The van der Waals surface area contributed by atoms with Gasteiger partial charge in [0, 0.05) is 11.0 Å².